The number of halogens is 3. The van der Waals surface area contributed by atoms with Gasteiger partial charge in [-0.25, -0.2) is 15.3 Å². The Morgan fingerprint density at radius 1 is 1.41 bits per heavy atom. The maximum Gasteiger partial charge on any atom is 2.00 e. The molecule has 0 bridgehead atoms. The summed E-state index contributed by atoms with van der Waals surface area (Å²) >= 11 is 0.704. The normalized spacial score (nSPS) is 14.7. The van der Waals surface area contributed by atoms with Crippen LogP contribution >= 0.6 is 0 Å². The molecule has 2 aromatic rings. The van der Waals surface area contributed by atoms with Gasteiger partial charge in [0.15, 0.2) is 0 Å². The first-order valence-corrected chi connectivity index (χ1v) is 12.7. The number of carbonyl (C=O) groups excluding carboxylic acids is 2. The molecule has 1 fully saturated rings. The number of hydrogen-bond donors (Lipinski definition) is 2. The van der Waals surface area contributed by atoms with Gasteiger partial charge >= 0.3 is 53.5 Å². The minimum absolute atomic E-state index is 0. The van der Waals surface area contributed by atoms with E-state index >= 15 is 0 Å². The van der Waals surface area contributed by atoms with Gasteiger partial charge in [-0.05, 0) is 24.6 Å². The van der Waals surface area contributed by atoms with Gasteiger partial charge in [-0.15, -0.1) is 0 Å². The Balaban J connectivity index is 0.000000771. The predicted molar refractivity (Wildman–Crippen MR) is 95.6 cm³/mol. The number of carbonyl (C=O) groups is 2. The van der Waals surface area contributed by atoms with Crippen molar-refractivity contribution in [2.24, 2.45) is 0 Å². The second-order valence-corrected chi connectivity index (χ2v) is 9.65. The molecule has 2 N–H and O–H groups in total. The summed E-state index contributed by atoms with van der Waals surface area (Å²) in [4.78, 5) is 29.4. The van der Waals surface area contributed by atoms with Crippen LogP contribution in [0.25, 0.3) is 10.9 Å². The van der Waals surface area contributed by atoms with Crippen LogP contribution in [0.4, 0.5) is 12.7 Å². The number of fused-ring (bicyclic) bond motifs is 1. The van der Waals surface area contributed by atoms with Crippen molar-refractivity contribution in [3.05, 3.63) is 48.1 Å². The predicted octanol–water partition coefficient (Wildman–Crippen LogP) is 3.01. The molecule has 0 saturated carbocycles. The standard InChI is InChI=1S/C17H16F2N3O2.FHNS.V.W/c1-11-2-3-12-13(4-6-20-14(12)8-11)16(24)21-9-15(23)22-7-5-17(18,19)10-22;1-3-2;;/h2-4,6-8H,5,9-10H2,1H3,(H,21,24);2H;;/q-1;+1;+2;-2. The summed E-state index contributed by atoms with van der Waals surface area (Å²) in [6.45, 7) is 2.12. The number of pyridine rings is 1. The van der Waals surface area contributed by atoms with E-state index in [1.54, 1.807) is 12.1 Å². The molecule has 12 heteroatoms. The molecule has 1 aliphatic heterocycles. The van der Waals surface area contributed by atoms with Gasteiger partial charge in [-0.3, -0.25) is 14.6 Å². The van der Waals surface area contributed by atoms with Crippen LogP contribution in [0.1, 0.15) is 22.3 Å². The van der Waals surface area contributed by atoms with Crippen molar-refractivity contribution in [3.63, 3.8) is 0 Å². The Morgan fingerprint density at radius 3 is 2.66 bits per heavy atom. The molecule has 1 aromatic carbocycles. The molecule has 6 nitrogen and oxygen atoms in total. The van der Waals surface area contributed by atoms with Crippen LogP contribution in [-0.4, -0.2) is 40.7 Å². The topological polar surface area (TPSA) is 86.2 Å². The molecule has 1 radical (unpaired) electrons. The van der Waals surface area contributed by atoms with E-state index in [2.05, 4.69) is 10.3 Å². The molecule has 1 saturated heterocycles. The summed E-state index contributed by atoms with van der Waals surface area (Å²) in [6, 6.07) is 7.09. The number of aryl methyl sites for hydroxylation is 1. The van der Waals surface area contributed by atoms with Crippen molar-refractivity contribution in [3.8, 4) is 0 Å². The first-order chi connectivity index (χ1) is 13.1. The second-order valence-electron chi connectivity index (χ2n) is 6.05. The summed E-state index contributed by atoms with van der Waals surface area (Å²) < 4.78 is 42.9. The zero-order valence-electron chi connectivity index (χ0n) is 15.2. The minimum Gasteiger partial charge on any atom is 2.00 e. The van der Waals surface area contributed by atoms with Crippen LogP contribution < -0.4 is 5.32 Å². The Hall–Kier alpha value is -1.22. The monoisotopic (exact) mass is 633 g/mol. The number of rotatable bonds is 3. The van der Waals surface area contributed by atoms with Crippen molar-refractivity contribution in [2.75, 3.05) is 13.1 Å². The Labute approximate surface area is 189 Å². The van der Waals surface area contributed by atoms with Crippen LogP contribution in [0.3, 0.4) is 0 Å². The first kappa shape index (κ1) is 25.8. The van der Waals surface area contributed by atoms with Crippen molar-refractivity contribution in [1.82, 2.24) is 15.2 Å². The molecule has 1 aromatic heterocycles. The molecule has 29 heavy (non-hydrogen) atoms. The average Bonchev–Trinajstić information content (AvgIpc) is 2.98. The number of amides is 2. The van der Waals surface area contributed by atoms with Crippen LogP contribution in [0.5, 0.6) is 0 Å². The fourth-order valence-electron chi connectivity index (χ4n) is 2.62. The summed E-state index contributed by atoms with van der Waals surface area (Å²) in [5, 5.41) is 3.16. The number of likely N-dealkylation sites (tertiary alicyclic amines) is 1. The fourth-order valence-corrected chi connectivity index (χ4v) is 2.62. The SMILES string of the molecule is Cc1ccc2c(C(=O)NCC(=O)N3[CH-]CC(F)(F)C3)ccnc2c1.N=[S-](F)=[W].[V+2]. The van der Waals surface area contributed by atoms with Crippen molar-refractivity contribution in [2.45, 2.75) is 19.3 Å². The van der Waals surface area contributed by atoms with Crippen molar-refractivity contribution < 1.29 is 58.8 Å². The van der Waals surface area contributed by atoms with Gasteiger partial charge in [0.25, 0.3) is 5.91 Å². The zero-order chi connectivity index (χ0) is 20.9. The summed E-state index contributed by atoms with van der Waals surface area (Å²) in [6.07, 6.45) is 1.06. The first-order valence-electron chi connectivity index (χ1n) is 8.02. The van der Waals surface area contributed by atoms with E-state index < -0.39 is 39.0 Å². The molecule has 0 spiro atoms. The molecule has 3 rings (SSSR count). The van der Waals surface area contributed by atoms with E-state index in [-0.39, 0.29) is 25.1 Å². The van der Waals surface area contributed by atoms with Crippen LogP contribution in [0, 0.1) is 18.2 Å². The van der Waals surface area contributed by atoms with Gasteiger partial charge in [0, 0.05) is 11.6 Å². The van der Waals surface area contributed by atoms with Gasteiger partial charge in [0.1, 0.15) is 0 Å². The van der Waals surface area contributed by atoms with Gasteiger partial charge in [-0.1, -0.05) is 18.6 Å². The van der Waals surface area contributed by atoms with Gasteiger partial charge in [0.05, 0.1) is 24.2 Å². The quantitative estimate of drug-likeness (QED) is 0.403. The van der Waals surface area contributed by atoms with Crippen molar-refractivity contribution in [1.29, 1.82) is 4.78 Å². The second kappa shape index (κ2) is 11.2. The maximum absolute atomic E-state index is 13.1. The fraction of sp³-hybridized carbons (Fsp3) is 0.294. The van der Waals surface area contributed by atoms with E-state index in [0.717, 1.165) is 10.5 Å². The van der Waals surface area contributed by atoms with Gasteiger partial charge in [-0.2, -0.15) is 0 Å². The van der Waals surface area contributed by atoms with E-state index in [1.165, 1.54) is 12.7 Å². The third-order valence-corrected chi connectivity index (χ3v) is 3.88. The zero-order valence-corrected chi connectivity index (χ0v) is 20.3. The number of aromatic nitrogens is 1. The molecule has 0 atom stereocenters. The van der Waals surface area contributed by atoms with Gasteiger partial charge in [0.2, 0.25) is 11.8 Å². The molecule has 1 aliphatic rings. The molecular weight excluding hydrogens is 616 g/mol. The van der Waals surface area contributed by atoms with E-state index in [0.29, 0.717) is 34.5 Å². The van der Waals surface area contributed by atoms with E-state index in [9.17, 15) is 22.3 Å². The summed E-state index contributed by atoms with van der Waals surface area (Å²) in [5.74, 6) is -3.89. The van der Waals surface area contributed by atoms with Crippen molar-refractivity contribution >= 4 is 31.0 Å². The molecule has 0 aliphatic carbocycles. The smallest absolute Gasteiger partial charge is 2.00 e. The molecule has 2 heterocycles. The Morgan fingerprint density at radius 2 is 2.07 bits per heavy atom. The molecule has 2 amide bonds. The Bertz CT molecular complexity index is 967. The summed E-state index contributed by atoms with van der Waals surface area (Å²) in [7, 11) is -1.53. The number of alkyl halides is 2. The Kier molecular flexibility index (Phi) is 10.0. The third-order valence-electron chi connectivity index (χ3n) is 3.88. The van der Waals surface area contributed by atoms with Crippen LogP contribution in [0.15, 0.2) is 30.5 Å². The number of benzene rings is 1. The largest absolute Gasteiger partial charge is 2.00 e. The molecule has 0 unspecified atom stereocenters. The number of hydrogen-bond acceptors (Lipinski definition) is 5. The molecule has 155 valence electrons. The third kappa shape index (κ3) is 7.85. The van der Waals surface area contributed by atoms with E-state index in [4.69, 9.17) is 4.78 Å². The van der Waals surface area contributed by atoms with E-state index in [1.807, 2.05) is 19.1 Å². The number of nitrogens with one attached hydrogen (secondary N) is 2. The number of nitrogens with zero attached hydrogens (tertiary/aromatic N) is 2. The van der Waals surface area contributed by atoms with Gasteiger partial charge < -0.3 is 10.2 Å². The van der Waals surface area contributed by atoms with Crippen LogP contribution in [0.2, 0.25) is 0 Å². The minimum atomic E-state index is -2.89. The van der Waals surface area contributed by atoms with Crippen LogP contribution in [-0.2, 0) is 49.6 Å². The average molecular weight is 633 g/mol. The maximum atomic E-state index is 13.1. The summed E-state index contributed by atoms with van der Waals surface area (Å²) in [5.41, 5.74) is 2.10. The molecular formula is C17H17F3N4O2SVW.